The summed E-state index contributed by atoms with van der Waals surface area (Å²) < 4.78 is 17.7. The van der Waals surface area contributed by atoms with Crippen LogP contribution in [0.15, 0.2) is 42.5 Å². The van der Waals surface area contributed by atoms with E-state index < -0.39 is 0 Å². The second-order valence-electron chi connectivity index (χ2n) is 9.45. The molecule has 8 heteroatoms. The van der Waals surface area contributed by atoms with Gasteiger partial charge in [-0.25, -0.2) is 0 Å². The van der Waals surface area contributed by atoms with Crippen molar-refractivity contribution in [3.05, 3.63) is 53.6 Å². The zero-order valence-electron chi connectivity index (χ0n) is 22.2. The lowest BCUT2D eigenvalue weighted by Gasteiger charge is -2.36. The summed E-state index contributed by atoms with van der Waals surface area (Å²) in [7, 11) is 5.15. The van der Waals surface area contributed by atoms with E-state index in [1.165, 1.54) is 0 Å². The van der Waals surface area contributed by atoms with Gasteiger partial charge < -0.3 is 24.4 Å². The molecule has 196 valence electrons. The molecule has 36 heavy (non-hydrogen) atoms. The smallest absolute Gasteiger partial charge is 0.257 e. The fourth-order valence-corrected chi connectivity index (χ4v) is 4.45. The summed E-state index contributed by atoms with van der Waals surface area (Å²) in [6.45, 7) is 8.31. The maximum absolute atomic E-state index is 13.3. The Kier molecular flexibility index (Phi) is 9.73. The van der Waals surface area contributed by atoms with E-state index >= 15 is 0 Å². The van der Waals surface area contributed by atoms with Crippen LogP contribution in [0.1, 0.15) is 43.1 Å². The number of fused-ring (bicyclic) bond motifs is 1. The minimum Gasteiger partial charge on any atom is -0.496 e. The van der Waals surface area contributed by atoms with Crippen LogP contribution in [0.5, 0.6) is 11.5 Å². The van der Waals surface area contributed by atoms with Gasteiger partial charge in [0.1, 0.15) is 18.1 Å². The maximum atomic E-state index is 13.3. The van der Waals surface area contributed by atoms with Gasteiger partial charge in [-0.3, -0.25) is 14.5 Å². The van der Waals surface area contributed by atoms with Gasteiger partial charge in [-0.2, -0.15) is 0 Å². The highest BCUT2D eigenvalue weighted by Gasteiger charge is 2.29. The molecule has 0 spiro atoms. The number of likely N-dealkylation sites (N-methyl/N-ethyl adjacent to an activating group) is 1. The van der Waals surface area contributed by atoms with Crippen molar-refractivity contribution in [1.82, 2.24) is 9.80 Å². The fraction of sp³-hybridized carbons (Fsp3) is 0.500. The molecule has 0 aromatic heterocycles. The van der Waals surface area contributed by atoms with Gasteiger partial charge >= 0.3 is 0 Å². The number of hydrogen-bond donors (Lipinski definition) is 1. The number of methoxy groups -OCH3 is 2. The van der Waals surface area contributed by atoms with Crippen molar-refractivity contribution in [3.63, 3.8) is 0 Å². The molecular formula is C28H39N3O5. The summed E-state index contributed by atoms with van der Waals surface area (Å²) in [4.78, 5) is 29.3. The van der Waals surface area contributed by atoms with E-state index in [0.29, 0.717) is 43.1 Å². The third-order valence-corrected chi connectivity index (χ3v) is 6.75. The molecule has 2 aromatic rings. The van der Waals surface area contributed by atoms with Gasteiger partial charge in [0, 0.05) is 63.6 Å². The van der Waals surface area contributed by atoms with E-state index in [1.807, 2.05) is 18.2 Å². The molecule has 0 unspecified atom stereocenters. The molecule has 0 radical (unpaired) electrons. The zero-order valence-corrected chi connectivity index (χ0v) is 22.2. The zero-order chi connectivity index (χ0) is 26.2. The first kappa shape index (κ1) is 27.5. The molecule has 3 atom stereocenters. The van der Waals surface area contributed by atoms with Crippen molar-refractivity contribution in [1.29, 1.82) is 0 Å². The Morgan fingerprint density at radius 2 is 1.89 bits per heavy atom. The Morgan fingerprint density at radius 3 is 2.58 bits per heavy atom. The minimum atomic E-state index is -0.147. The number of carbonyl (C=O) groups excluding carboxylic acids is 2. The highest BCUT2D eigenvalue weighted by molar-refractivity contribution is 5.98. The van der Waals surface area contributed by atoms with Crippen molar-refractivity contribution in [2.45, 2.75) is 45.9 Å². The summed E-state index contributed by atoms with van der Waals surface area (Å²) in [6.07, 6.45) is 0.226. The summed E-state index contributed by atoms with van der Waals surface area (Å²) in [6, 6.07) is 13.2. The summed E-state index contributed by atoms with van der Waals surface area (Å²) in [5, 5.41) is 2.85. The van der Waals surface area contributed by atoms with E-state index in [9.17, 15) is 9.59 Å². The van der Waals surface area contributed by atoms with Crippen molar-refractivity contribution in [2.24, 2.45) is 5.92 Å². The quantitative estimate of drug-likeness (QED) is 0.649. The molecule has 3 rings (SSSR count). The topological polar surface area (TPSA) is 80.3 Å². The molecule has 0 bridgehead atoms. The highest BCUT2D eigenvalue weighted by Crippen LogP contribution is 2.28. The Hall–Kier alpha value is -3.10. The lowest BCUT2D eigenvalue weighted by molar-refractivity contribution is -0.115. The molecule has 0 fully saturated rings. The van der Waals surface area contributed by atoms with Crippen molar-refractivity contribution < 1.29 is 23.8 Å². The second kappa shape index (κ2) is 12.7. The average molecular weight is 498 g/mol. The second-order valence-corrected chi connectivity index (χ2v) is 9.45. The molecule has 1 aliphatic heterocycles. The minimum absolute atomic E-state index is 0.0314. The third kappa shape index (κ3) is 6.77. The standard InChI is InChI=1S/C28H39N3O5/c1-7-27(32)29-22-12-13-23-25(14-22)36-18-20(3)31(16-21-10-8-9-11-24(21)34-5)15-19(2)26(35-6)17-30(4)28(23)33/h8-14,19-20,26H,7,15-18H2,1-6H3,(H,29,32)/t19-,20+,26-/m1/s1. The number of hydrogen-bond acceptors (Lipinski definition) is 6. The predicted octanol–water partition coefficient (Wildman–Crippen LogP) is 4.05. The van der Waals surface area contributed by atoms with Gasteiger partial charge in [0.2, 0.25) is 5.91 Å². The van der Waals surface area contributed by atoms with E-state index in [4.69, 9.17) is 14.2 Å². The number of anilines is 1. The number of rotatable bonds is 6. The van der Waals surface area contributed by atoms with E-state index in [-0.39, 0.29) is 29.9 Å². The number of nitrogens with one attached hydrogen (secondary N) is 1. The number of amides is 2. The van der Waals surface area contributed by atoms with Crippen LogP contribution in [0.4, 0.5) is 5.69 Å². The van der Waals surface area contributed by atoms with Crippen LogP contribution < -0.4 is 14.8 Å². The van der Waals surface area contributed by atoms with Crippen molar-refractivity contribution in [2.75, 3.05) is 46.3 Å². The number of benzene rings is 2. The molecule has 2 amide bonds. The van der Waals surface area contributed by atoms with Gasteiger partial charge in [-0.15, -0.1) is 0 Å². The molecular weight excluding hydrogens is 458 g/mol. The van der Waals surface area contributed by atoms with Gasteiger partial charge in [0.05, 0.1) is 18.8 Å². The molecule has 8 nitrogen and oxygen atoms in total. The SMILES string of the molecule is CCC(=O)Nc1ccc2c(c1)OC[C@H](C)N(Cc1ccccc1OC)C[C@@H](C)[C@H](OC)CN(C)C2=O. The van der Waals surface area contributed by atoms with Crippen LogP contribution in [0.2, 0.25) is 0 Å². The predicted molar refractivity (Wildman–Crippen MR) is 141 cm³/mol. The Labute approximate surface area is 214 Å². The molecule has 0 saturated heterocycles. The summed E-state index contributed by atoms with van der Waals surface area (Å²) >= 11 is 0. The van der Waals surface area contributed by atoms with E-state index in [1.54, 1.807) is 51.3 Å². The molecule has 1 aliphatic rings. The number of para-hydroxylation sites is 1. The highest BCUT2D eigenvalue weighted by atomic mass is 16.5. The number of carbonyl (C=O) groups is 2. The third-order valence-electron chi connectivity index (χ3n) is 6.75. The monoisotopic (exact) mass is 497 g/mol. The Balaban J connectivity index is 1.96. The first-order valence-electron chi connectivity index (χ1n) is 12.5. The first-order valence-corrected chi connectivity index (χ1v) is 12.5. The van der Waals surface area contributed by atoms with Gasteiger partial charge in [-0.1, -0.05) is 32.0 Å². The maximum Gasteiger partial charge on any atom is 0.257 e. The lowest BCUT2D eigenvalue weighted by atomic mass is 10.0. The molecule has 0 saturated carbocycles. The average Bonchev–Trinajstić information content (AvgIpc) is 2.89. The molecule has 1 heterocycles. The summed E-state index contributed by atoms with van der Waals surface area (Å²) in [5.41, 5.74) is 2.15. The van der Waals surface area contributed by atoms with Gasteiger partial charge in [0.15, 0.2) is 0 Å². The lowest BCUT2D eigenvalue weighted by Crippen LogP contribution is -2.46. The number of ether oxygens (including phenoxy) is 3. The van der Waals surface area contributed by atoms with E-state index in [0.717, 1.165) is 17.9 Å². The molecule has 0 aliphatic carbocycles. The van der Waals surface area contributed by atoms with Crippen molar-refractivity contribution in [3.8, 4) is 11.5 Å². The van der Waals surface area contributed by atoms with Crippen LogP contribution in [-0.2, 0) is 16.1 Å². The normalized spacial score (nSPS) is 21.6. The number of nitrogens with zero attached hydrogens (tertiary/aromatic N) is 2. The van der Waals surface area contributed by atoms with Crippen LogP contribution in [0, 0.1) is 5.92 Å². The molecule has 1 N–H and O–H groups in total. The van der Waals surface area contributed by atoms with Crippen LogP contribution >= 0.6 is 0 Å². The van der Waals surface area contributed by atoms with Crippen molar-refractivity contribution >= 4 is 17.5 Å². The largest absolute Gasteiger partial charge is 0.496 e. The Bertz CT molecular complexity index is 1040. The van der Waals surface area contributed by atoms with Crippen LogP contribution in [0.3, 0.4) is 0 Å². The van der Waals surface area contributed by atoms with E-state index in [2.05, 4.69) is 30.1 Å². The van der Waals surface area contributed by atoms with Crippen LogP contribution in [0.25, 0.3) is 0 Å². The fourth-order valence-electron chi connectivity index (χ4n) is 4.45. The Morgan fingerprint density at radius 1 is 1.14 bits per heavy atom. The molecule has 2 aromatic carbocycles. The van der Waals surface area contributed by atoms with Gasteiger partial charge in [0.25, 0.3) is 5.91 Å². The van der Waals surface area contributed by atoms with Gasteiger partial charge in [-0.05, 0) is 31.0 Å². The first-order chi connectivity index (χ1) is 17.3. The van der Waals surface area contributed by atoms with Crippen LogP contribution in [-0.4, -0.2) is 74.7 Å². The summed E-state index contributed by atoms with van der Waals surface area (Å²) in [5.74, 6) is 1.21.